The van der Waals surface area contributed by atoms with E-state index in [2.05, 4.69) is 5.32 Å². The quantitative estimate of drug-likeness (QED) is 0.717. The van der Waals surface area contributed by atoms with Gasteiger partial charge >= 0.3 is 0 Å². The third kappa shape index (κ3) is 3.22. The molecule has 110 valence electrons. The van der Waals surface area contributed by atoms with Crippen molar-refractivity contribution in [3.63, 3.8) is 0 Å². The summed E-state index contributed by atoms with van der Waals surface area (Å²) in [5, 5.41) is 22.7. The Morgan fingerprint density at radius 2 is 2.25 bits per heavy atom. The third-order valence-corrected chi connectivity index (χ3v) is 3.63. The second kappa shape index (κ2) is 6.61. The normalized spacial score (nSPS) is 18.1. The summed E-state index contributed by atoms with van der Waals surface area (Å²) in [5.74, 6) is -0.821. The number of carbonyl (C=O) groups is 1. The lowest BCUT2D eigenvalue weighted by molar-refractivity contribution is 0.0738. The molecule has 0 aromatic heterocycles. The highest BCUT2D eigenvalue weighted by molar-refractivity contribution is 5.97. The van der Waals surface area contributed by atoms with Gasteiger partial charge in [-0.1, -0.05) is 13.0 Å². The van der Waals surface area contributed by atoms with E-state index in [0.29, 0.717) is 19.1 Å². The summed E-state index contributed by atoms with van der Waals surface area (Å²) in [6, 6.07) is 4.81. The number of benzene rings is 1. The number of para-hydroxylation sites is 1. The molecule has 2 rings (SSSR count). The Bertz CT molecular complexity index is 470. The smallest absolute Gasteiger partial charge is 0.257 e. The molecular weight excluding hydrogens is 256 g/mol. The van der Waals surface area contributed by atoms with Crippen molar-refractivity contribution in [3.8, 4) is 11.5 Å². The fourth-order valence-electron chi connectivity index (χ4n) is 2.60. The molecule has 0 aliphatic carbocycles. The SMILES string of the molecule is CCCN(CC1CCCN1)C(=O)c1cccc(O)c1O. The molecule has 0 spiro atoms. The first-order valence-electron chi connectivity index (χ1n) is 7.17. The molecule has 1 heterocycles. The number of nitrogens with zero attached hydrogens (tertiary/aromatic N) is 1. The molecule has 1 fully saturated rings. The predicted molar refractivity (Wildman–Crippen MR) is 77.0 cm³/mol. The molecular formula is C15H22N2O3. The van der Waals surface area contributed by atoms with Gasteiger partial charge in [-0.15, -0.1) is 0 Å². The minimum Gasteiger partial charge on any atom is -0.504 e. The fourth-order valence-corrected chi connectivity index (χ4v) is 2.60. The van der Waals surface area contributed by atoms with Crippen LogP contribution in [0.5, 0.6) is 11.5 Å². The zero-order chi connectivity index (χ0) is 14.5. The number of phenols is 2. The first-order valence-corrected chi connectivity index (χ1v) is 7.17. The fraction of sp³-hybridized carbons (Fsp3) is 0.533. The maximum absolute atomic E-state index is 12.5. The van der Waals surface area contributed by atoms with Crippen LogP contribution in [-0.4, -0.2) is 46.7 Å². The number of aromatic hydroxyl groups is 2. The van der Waals surface area contributed by atoms with E-state index >= 15 is 0 Å². The minimum absolute atomic E-state index is 0.163. The molecule has 1 aliphatic heterocycles. The van der Waals surface area contributed by atoms with E-state index in [-0.39, 0.29) is 23.0 Å². The average molecular weight is 278 g/mol. The molecule has 1 aromatic rings. The van der Waals surface area contributed by atoms with Gasteiger partial charge in [-0.25, -0.2) is 0 Å². The second-order valence-corrected chi connectivity index (χ2v) is 5.22. The Labute approximate surface area is 119 Å². The van der Waals surface area contributed by atoms with Gasteiger partial charge < -0.3 is 20.4 Å². The lowest BCUT2D eigenvalue weighted by atomic mass is 10.1. The monoisotopic (exact) mass is 278 g/mol. The summed E-state index contributed by atoms with van der Waals surface area (Å²) in [4.78, 5) is 14.3. The van der Waals surface area contributed by atoms with Crippen LogP contribution in [0.2, 0.25) is 0 Å². The molecule has 1 aromatic carbocycles. The summed E-state index contributed by atoms with van der Waals surface area (Å²) in [6.45, 7) is 4.30. The molecule has 1 saturated heterocycles. The maximum atomic E-state index is 12.5. The van der Waals surface area contributed by atoms with Gasteiger partial charge in [0.15, 0.2) is 11.5 Å². The van der Waals surface area contributed by atoms with Crippen molar-refractivity contribution in [1.82, 2.24) is 10.2 Å². The molecule has 0 radical (unpaired) electrons. The molecule has 1 aliphatic rings. The number of hydrogen-bond donors (Lipinski definition) is 3. The summed E-state index contributed by atoms with van der Waals surface area (Å²) in [5.41, 5.74) is 0.163. The molecule has 1 amide bonds. The van der Waals surface area contributed by atoms with E-state index in [1.165, 1.54) is 6.07 Å². The van der Waals surface area contributed by atoms with Crippen LogP contribution in [0.15, 0.2) is 18.2 Å². The minimum atomic E-state index is -0.335. The van der Waals surface area contributed by atoms with E-state index in [9.17, 15) is 15.0 Å². The Kier molecular flexibility index (Phi) is 4.84. The van der Waals surface area contributed by atoms with Gasteiger partial charge in [0.05, 0.1) is 5.56 Å². The van der Waals surface area contributed by atoms with Gasteiger partial charge in [-0.2, -0.15) is 0 Å². The highest BCUT2D eigenvalue weighted by Crippen LogP contribution is 2.29. The number of phenolic OH excluding ortho intramolecular Hbond substituents is 2. The van der Waals surface area contributed by atoms with Crippen LogP contribution >= 0.6 is 0 Å². The maximum Gasteiger partial charge on any atom is 0.257 e. The van der Waals surface area contributed by atoms with Crippen LogP contribution in [0.4, 0.5) is 0 Å². The lowest BCUT2D eigenvalue weighted by Gasteiger charge is -2.26. The molecule has 20 heavy (non-hydrogen) atoms. The number of hydrogen-bond acceptors (Lipinski definition) is 4. The molecule has 0 saturated carbocycles. The van der Waals surface area contributed by atoms with Crippen molar-refractivity contribution in [2.75, 3.05) is 19.6 Å². The largest absolute Gasteiger partial charge is 0.504 e. The van der Waals surface area contributed by atoms with Crippen LogP contribution in [0.3, 0.4) is 0 Å². The average Bonchev–Trinajstić information content (AvgIpc) is 2.94. The standard InChI is InChI=1S/C15H22N2O3/c1-2-9-17(10-11-5-4-8-16-11)15(20)12-6-3-7-13(18)14(12)19/h3,6-7,11,16,18-19H,2,4-5,8-10H2,1H3. The van der Waals surface area contributed by atoms with Crippen LogP contribution in [0.1, 0.15) is 36.5 Å². The molecule has 1 atom stereocenters. The predicted octanol–water partition coefficient (Wildman–Crippen LogP) is 1.70. The number of carbonyl (C=O) groups excluding carboxylic acids is 1. The highest BCUT2D eigenvalue weighted by Gasteiger charge is 2.24. The highest BCUT2D eigenvalue weighted by atomic mass is 16.3. The number of rotatable bonds is 5. The van der Waals surface area contributed by atoms with Crippen molar-refractivity contribution in [2.45, 2.75) is 32.2 Å². The Hall–Kier alpha value is -1.75. The molecule has 3 N–H and O–H groups in total. The van der Waals surface area contributed by atoms with E-state index < -0.39 is 0 Å². The molecule has 5 nitrogen and oxygen atoms in total. The van der Waals surface area contributed by atoms with Crippen molar-refractivity contribution in [3.05, 3.63) is 23.8 Å². The van der Waals surface area contributed by atoms with E-state index in [1.807, 2.05) is 6.92 Å². The number of nitrogens with one attached hydrogen (secondary N) is 1. The van der Waals surface area contributed by atoms with Gasteiger partial charge in [-0.3, -0.25) is 4.79 Å². The third-order valence-electron chi connectivity index (χ3n) is 3.63. The van der Waals surface area contributed by atoms with Crippen LogP contribution in [0, 0.1) is 0 Å². The Balaban J connectivity index is 2.14. The zero-order valence-electron chi connectivity index (χ0n) is 11.8. The van der Waals surface area contributed by atoms with Gasteiger partial charge in [0, 0.05) is 19.1 Å². The van der Waals surface area contributed by atoms with Crippen molar-refractivity contribution < 1.29 is 15.0 Å². The molecule has 1 unspecified atom stereocenters. The summed E-state index contributed by atoms with van der Waals surface area (Å²) in [7, 11) is 0. The van der Waals surface area contributed by atoms with Crippen LogP contribution in [-0.2, 0) is 0 Å². The summed E-state index contributed by atoms with van der Waals surface area (Å²) >= 11 is 0. The second-order valence-electron chi connectivity index (χ2n) is 5.22. The van der Waals surface area contributed by atoms with E-state index in [4.69, 9.17) is 0 Å². The summed E-state index contributed by atoms with van der Waals surface area (Å²) < 4.78 is 0. The Morgan fingerprint density at radius 3 is 2.90 bits per heavy atom. The van der Waals surface area contributed by atoms with Gasteiger partial charge in [0.2, 0.25) is 0 Å². The van der Waals surface area contributed by atoms with Crippen LogP contribution < -0.4 is 5.32 Å². The first kappa shape index (κ1) is 14.7. The Morgan fingerprint density at radius 1 is 1.45 bits per heavy atom. The lowest BCUT2D eigenvalue weighted by Crippen LogP contribution is -2.41. The van der Waals surface area contributed by atoms with Gasteiger partial charge in [-0.05, 0) is 37.9 Å². The topological polar surface area (TPSA) is 72.8 Å². The summed E-state index contributed by atoms with van der Waals surface area (Å²) in [6.07, 6.45) is 3.06. The zero-order valence-corrected chi connectivity index (χ0v) is 11.8. The first-order chi connectivity index (χ1) is 9.63. The van der Waals surface area contributed by atoms with Crippen molar-refractivity contribution >= 4 is 5.91 Å². The van der Waals surface area contributed by atoms with Crippen molar-refractivity contribution in [1.29, 1.82) is 0 Å². The van der Waals surface area contributed by atoms with Crippen molar-refractivity contribution in [2.24, 2.45) is 0 Å². The number of amides is 1. The van der Waals surface area contributed by atoms with Gasteiger partial charge in [0.25, 0.3) is 5.91 Å². The van der Waals surface area contributed by atoms with E-state index in [1.54, 1.807) is 17.0 Å². The molecule has 5 heteroatoms. The molecule has 0 bridgehead atoms. The van der Waals surface area contributed by atoms with E-state index in [0.717, 1.165) is 25.8 Å². The van der Waals surface area contributed by atoms with Crippen LogP contribution in [0.25, 0.3) is 0 Å². The van der Waals surface area contributed by atoms with Gasteiger partial charge in [0.1, 0.15) is 0 Å².